The number of carbonyl (C=O) groups excluding carboxylic acids is 4. The van der Waals surface area contributed by atoms with Crippen molar-refractivity contribution in [1.82, 2.24) is 0 Å². The minimum atomic E-state index is -4.94. The molecule has 0 aromatic rings. The number of rotatable bonds is 55. The quantitative estimate of drug-likeness (QED) is 0.0222. The number of esters is 4. The van der Waals surface area contributed by atoms with E-state index in [1.54, 1.807) is 0 Å². The second kappa shape index (κ2) is 48.9. The molecule has 76 heavy (non-hydrogen) atoms. The molecule has 0 rings (SSSR count). The molecular formula is C57H110O17P2. The number of aliphatic hydroxyl groups is 1. The minimum Gasteiger partial charge on any atom is -0.462 e. The van der Waals surface area contributed by atoms with Gasteiger partial charge in [-0.05, 0) is 43.4 Å². The molecule has 0 amide bonds. The van der Waals surface area contributed by atoms with Gasteiger partial charge in [-0.1, -0.05) is 215 Å². The SMILES string of the molecule is CCCCCCCC(=O)OC[C@H](COP(=O)(O)OC[C@H](O)COP(=O)(O)OC[C@@H](COC(=O)CCCCCCCCCC(C)C)OC(=O)CCCCCCCCCCC(C)C)OC(=O)CCCCCCCCCC(C)C. The van der Waals surface area contributed by atoms with E-state index in [9.17, 15) is 43.2 Å². The first-order valence-corrected chi connectivity index (χ1v) is 32.8. The van der Waals surface area contributed by atoms with Crippen LogP contribution >= 0.6 is 15.6 Å². The van der Waals surface area contributed by atoms with E-state index in [-0.39, 0.29) is 25.7 Å². The van der Waals surface area contributed by atoms with Crippen LogP contribution in [0, 0.1) is 17.8 Å². The molecule has 0 fully saturated rings. The standard InChI is InChI=1S/C57H110O17P2/c1-8-9-10-21-31-38-54(59)67-44-52(73-57(62)41-34-27-20-14-17-24-30-37-50(6)7)46-71-75(63,64)69-42-51(58)43-70-76(65,66)72-47-53(45-68-55(60)39-32-25-19-13-16-23-29-36-49(4)5)74-56(61)40-33-26-18-12-11-15-22-28-35-48(2)3/h48-53,58H,8-47H2,1-7H3,(H,63,64)(H,65,66)/t51-,52+,53+/m0/s1. The molecule has 2 unspecified atom stereocenters. The van der Waals surface area contributed by atoms with Gasteiger partial charge in [0.05, 0.1) is 26.4 Å². The lowest BCUT2D eigenvalue weighted by molar-refractivity contribution is -0.161. The number of phosphoric ester groups is 2. The van der Waals surface area contributed by atoms with E-state index >= 15 is 0 Å². The maximum Gasteiger partial charge on any atom is 0.472 e. The summed E-state index contributed by atoms with van der Waals surface area (Å²) in [7, 11) is -9.87. The molecule has 19 heteroatoms. The molecule has 0 heterocycles. The van der Waals surface area contributed by atoms with Crippen molar-refractivity contribution < 1.29 is 80.2 Å². The van der Waals surface area contributed by atoms with Crippen molar-refractivity contribution in [3.05, 3.63) is 0 Å². The summed E-state index contributed by atoms with van der Waals surface area (Å²) in [5.74, 6) is -0.0410. The Morgan fingerprint density at radius 2 is 0.605 bits per heavy atom. The van der Waals surface area contributed by atoms with Crippen LogP contribution in [-0.4, -0.2) is 96.7 Å². The van der Waals surface area contributed by atoms with E-state index in [0.717, 1.165) is 109 Å². The summed E-state index contributed by atoms with van der Waals surface area (Å²) in [5, 5.41) is 10.5. The number of hydrogen-bond donors (Lipinski definition) is 3. The summed E-state index contributed by atoms with van der Waals surface area (Å²) >= 11 is 0. The van der Waals surface area contributed by atoms with Gasteiger partial charge in [0.25, 0.3) is 0 Å². The van der Waals surface area contributed by atoms with E-state index in [1.165, 1.54) is 64.2 Å². The highest BCUT2D eigenvalue weighted by Crippen LogP contribution is 2.45. The lowest BCUT2D eigenvalue weighted by atomic mass is 10.0. The smallest absolute Gasteiger partial charge is 0.462 e. The maximum atomic E-state index is 12.9. The van der Waals surface area contributed by atoms with Crippen LogP contribution in [0.4, 0.5) is 0 Å². The fraction of sp³-hybridized carbons (Fsp3) is 0.930. The van der Waals surface area contributed by atoms with Gasteiger partial charge in [-0.2, -0.15) is 0 Å². The molecule has 0 radical (unpaired) electrons. The fourth-order valence-electron chi connectivity index (χ4n) is 8.24. The summed E-state index contributed by atoms with van der Waals surface area (Å²) in [5.41, 5.74) is 0. The van der Waals surface area contributed by atoms with Crippen LogP contribution in [0.1, 0.15) is 267 Å². The first-order chi connectivity index (χ1) is 36.2. The molecule has 17 nitrogen and oxygen atoms in total. The zero-order chi connectivity index (χ0) is 56.7. The molecule has 0 saturated heterocycles. The van der Waals surface area contributed by atoms with Crippen LogP contribution in [0.15, 0.2) is 0 Å². The van der Waals surface area contributed by atoms with E-state index < -0.39 is 97.5 Å². The zero-order valence-electron chi connectivity index (χ0n) is 48.7. The van der Waals surface area contributed by atoms with Crippen molar-refractivity contribution in [1.29, 1.82) is 0 Å². The molecule has 0 aromatic carbocycles. The third kappa shape index (κ3) is 51.5. The molecule has 450 valence electrons. The van der Waals surface area contributed by atoms with Gasteiger partial charge in [0.15, 0.2) is 12.2 Å². The largest absolute Gasteiger partial charge is 0.472 e. The minimum absolute atomic E-state index is 0.102. The van der Waals surface area contributed by atoms with Gasteiger partial charge in [0.2, 0.25) is 0 Å². The lowest BCUT2D eigenvalue weighted by Crippen LogP contribution is -2.30. The Bertz CT molecular complexity index is 1530. The molecule has 0 aliphatic carbocycles. The number of ether oxygens (including phenoxy) is 4. The van der Waals surface area contributed by atoms with E-state index in [1.807, 2.05) is 0 Å². The van der Waals surface area contributed by atoms with Crippen LogP contribution in [-0.2, 0) is 65.4 Å². The van der Waals surface area contributed by atoms with Crippen molar-refractivity contribution in [2.75, 3.05) is 39.6 Å². The van der Waals surface area contributed by atoms with Crippen molar-refractivity contribution in [2.24, 2.45) is 17.8 Å². The van der Waals surface area contributed by atoms with Gasteiger partial charge in [-0.25, -0.2) is 9.13 Å². The molecule has 0 aliphatic heterocycles. The summed E-state index contributed by atoms with van der Waals surface area (Å²) in [4.78, 5) is 71.6. The Morgan fingerprint density at radius 3 is 0.895 bits per heavy atom. The Kier molecular flexibility index (Phi) is 47.7. The van der Waals surface area contributed by atoms with Gasteiger partial charge in [0.1, 0.15) is 19.3 Å². The molecule has 3 N–H and O–H groups in total. The molecule has 0 aromatic heterocycles. The van der Waals surface area contributed by atoms with Gasteiger partial charge in [-0.3, -0.25) is 37.3 Å². The predicted octanol–water partition coefficient (Wildman–Crippen LogP) is 14.8. The molecule has 0 aliphatic rings. The van der Waals surface area contributed by atoms with Crippen molar-refractivity contribution in [3.63, 3.8) is 0 Å². The Hall–Kier alpha value is -1.94. The Morgan fingerprint density at radius 1 is 0.355 bits per heavy atom. The first-order valence-electron chi connectivity index (χ1n) is 29.8. The molecule has 0 bridgehead atoms. The van der Waals surface area contributed by atoms with Gasteiger partial charge in [-0.15, -0.1) is 0 Å². The van der Waals surface area contributed by atoms with Gasteiger partial charge >= 0.3 is 39.5 Å². The summed E-state index contributed by atoms with van der Waals surface area (Å²) in [6.07, 6.45) is 27.2. The number of hydrogen-bond acceptors (Lipinski definition) is 15. The highest BCUT2D eigenvalue weighted by Gasteiger charge is 2.30. The maximum absolute atomic E-state index is 12.9. The van der Waals surface area contributed by atoms with Crippen LogP contribution in [0.5, 0.6) is 0 Å². The number of carbonyl (C=O) groups is 4. The van der Waals surface area contributed by atoms with Crippen molar-refractivity contribution >= 4 is 39.5 Å². The summed E-state index contributed by atoms with van der Waals surface area (Å²) in [6.45, 7) is 11.5. The summed E-state index contributed by atoms with van der Waals surface area (Å²) in [6, 6.07) is 0. The Labute approximate surface area is 460 Å². The summed E-state index contributed by atoms with van der Waals surface area (Å²) < 4.78 is 67.5. The lowest BCUT2D eigenvalue weighted by Gasteiger charge is -2.21. The van der Waals surface area contributed by atoms with Crippen molar-refractivity contribution in [2.45, 2.75) is 285 Å². The number of aliphatic hydroxyl groups excluding tert-OH is 1. The van der Waals surface area contributed by atoms with Gasteiger partial charge < -0.3 is 33.8 Å². The number of unbranched alkanes of at least 4 members (excludes halogenated alkanes) is 23. The molecule has 0 spiro atoms. The fourth-order valence-corrected chi connectivity index (χ4v) is 9.82. The Balaban J connectivity index is 5.20. The second-order valence-corrected chi connectivity index (χ2v) is 25.0. The van der Waals surface area contributed by atoms with Crippen LogP contribution in [0.25, 0.3) is 0 Å². The van der Waals surface area contributed by atoms with Crippen molar-refractivity contribution in [3.8, 4) is 0 Å². The second-order valence-electron chi connectivity index (χ2n) is 22.1. The van der Waals surface area contributed by atoms with Crippen LogP contribution in [0.3, 0.4) is 0 Å². The average Bonchev–Trinajstić information content (AvgIpc) is 3.35. The number of phosphoric acid groups is 2. The molecule has 0 saturated carbocycles. The third-order valence-corrected chi connectivity index (χ3v) is 14.8. The third-order valence-electron chi connectivity index (χ3n) is 12.9. The van der Waals surface area contributed by atoms with E-state index in [2.05, 4.69) is 48.5 Å². The predicted molar refractivity (Wildman–Crippen MR) is 298 cm³/mol. The van der Waals surface area contributed by atoms with E-state index in [0.29, 0.717) is 37.5 Å². The normalized spacial score (nSPS) is 14.6. The van der Waals surface area contributed by atoms with Crippen LogP contribution in [0.2, 0.25) is 0 Å². The van der Waals surface area contributed by atoms with E-state index in [4.69, 9.17) is 37.0 Å². The molecule has 5 atom stereocenters. The highest BCUT2D eigenvalue weighted by molar-refractivity contribution is 7.47. The molecular weight excluding hydrogens is 1020 g/mol. The topological polar surface area (TPSA) is 237 Å². The monoisotopic (exact) mass is 1130 g/mol. The zero-order valence-corrected chi connectivity index (χ0v) is 50.5. The van der Waals surface area contributed by atoms with Crippen LogP contribution < -0.4 is 0 Å². The average molecular weight is 1130 g/mol. The highest BCUT2D eigenvalue weighted by atomic mass is 31.2. The first kappa shape index (κ1) is 74.1. The van der Waals surface area contributed by atoms with Gasteiger partial charge in [0, 0.05) is 25.7 Å².